The number of carbonyl (C=O) groups is 1. The highest BCUT2D eigenvalue weighted by atomic mass is 16.6. The summed E-state index contributed by atoms with van der Waals surface area (Å²) in [5, 5.41) is 0. The molecule has 2 heterocycles. The second-order valence-electron chi connectivity index (χ2n) is 8.43. The van der Waals surface area contributed by atoms with E-state index in [0.717, 1.165) is 37.8 Å². The van der Waals surface area contributed by atoms with Gasteiger partial charge >= 0.3 is 6.09 Å². The van der Waals surface area contributed by atoms with Crippen LogP contribution in [-0.4, -0.2) is 53.7 Å². The van der Waals surface area contributed by atoms with Gasteiger partial charge in [-0.3, -0.25) is 4.90 Å². The van der Waals surface area contributed by atoms with E-state index in [1.165, 1.54) is 38.8 Å². The first-order chi connectivity index (χ1) is 10.4. The number of ether oxygens (including phenoxy) is 1. The molecular weight excluding hydrogens is 276 g/mol. The van der Waals surface area contributed by atoms with Crippen LogP contribution >= 0.6 is 0 Å². The molecule has 1 aliphatic carbocycles. The Morgan fingerprint density at radius 1 is 0.955 bits per heavy atom. The number of likely N-dealkylation sites (tertiary alicyclic amines) is 2. The van der Waals surface area contributed by atoms with Crippen LogP contribution in [0.2, 0.25) is 0 Å². The van der Waals surface area contributed by atoms with Gasteiger partial charge in [0.25, 0.3) is 0 Å². The van der Waals surface area contributed by atoms with Crippen molar-refractivity contribution in [2.24, 2.45) is 11.8 Å². The number of nitrogens with zero attached hydrogens (tertiary/aromatic N) is 2. The number of hydrogen-bond acceptors (Lipinski definition) is 3. The molecule has 0 aromatic rings. The summed E-state index contributed by atoms with van der Waals surface area (Å²) in [5.41, 5.74) is -0.391. The zero-order chi connectivity index (χ0) is 15.7. The van der Waals surface area contributed by atoms with Crippen LogP contribution < -0.4 is 0 Å². The SMILES string of the molecule is CC(C)(C)OC(=O)N1CCC(N2CCCC(C3CC3)C2)CC1. The molecule has 0 aromatic carbocycles. The first kappa shape index (κ1) is 16.1. The highest BCUT2D eigenvalue weighted by Crippen LogP contribution is 2.41. The van der Waals surface area contributed by atoms with Gasteiger partial charge in [0.2, 0.25) is 0 Å². The van der Waals surface area contributed by atoms with E-state index in [1.807, 2.05) is 25.7 Å². The summed E-state index contributed by atoms with van der Waals surface area (Å²) in [6, 6.07) is 0.681. The molecule has 0 bridgehead atoms. The van der Waals surface area contributed by atoms with Gasteiger partial charge in [-0.2, -0.15) is 0 Å². The minimum Gasteiger partial charge on any atom is -0.444 e. The van der Waals surface area contributed by atoms with Crippen molar-refractivity contribution >= 4 is 6.09 Å². The highest BCUT2D eigenvalue weighted by Gasteiger charge is 2.37. The zero-order valence-electron chi connectivity index (χ0n) is 14.5. The lowest BCUT2D eigenvalue weighted by molar-refractivity contribution is 0.0104. The quantitative estimate of drug-likeness (QED) is 0.782. The molecule has 2 aliphatic heterocycles. The van der Waals surface area contributed by atoms with E-state index in [2.05, 4.69) is 4.90 Å². The maximum absolute atomic E-state index is 12.1. The van der Waals surface area contributed by atoms with E-state index in [-0.39, 0.29) is 6.09 Å². The summed E-state index contributed by atoms with van der Waals surface area (Å²) in [5.74, 6) is 1.99. The lowest BCUT2D eigenvalue weighted by Crippen LogP contribution is -2.50. The van der Waals surface area contributed by atoms with Crippen molar-refractivity contribution in [3.05, 3.63) is 0 Å². The van der Waals surface area contributed by atoms with Crippen molar-refractivity contribution in [3.63, 3.8) is 0 Å². The summed E-state index contributed by atoms with van der Waals surface area (Å²) < 4.78 is 5.49. The summed E-state index contributed by atoms with van der Waals surface area (Å²) >= 11 is 0. The van der Waals surface area contributed by atoms with Crippen LogP contribution in [0.1, 0.15) is 59.3 Å². The second kappa shape index (κ2) is 6.38. The Morgan fingerprint density at radius 2 is 1.64 bits per heavy atom. The molecule has 3 aliphatic rings. The summed E-state index contributed by atoms with van der Waals surface area (Å²) in [6.07, 6.45) is 7.82. The van der Waals surface area contributed by atoms with Gasteiger partial charge in [0.1, 0.15) is 5.60 Å². The normalized spacial score (nSPS) is 28.7. The smallest absolute Gasteiger partial charge is 0.410 e. The topological polar surface area (TPSA) is 32.8 Å². The van der Waals surface area contributed by atoms with Crippen molar-refractivity contribution in [3.8, 4) is 0 Å². The predicted molar refractivity (Wildman–Crippen MR) is 87.9 cm³/mol. The molecule has 0 N–H and O–H groups in total. The zero-order valence-corrected chi connectivity index (χ0v) is 14.5. The molecule has 1 saturated carbocycles. The van der Waals surface area contributed by atoms with Crippen molar-refractivity contribution in [1.82, 2.24) is 9.80 Å². The first-order valence-electron chi connectivity index (χ1n) is 9.14. The average Bonchev–Trinajstić information content (AvgIpc) is 3.30. The Hall–Kier alpha value is -0.770. The fraction of sp³-hybridized carbons (Fsp3) is 0.944. The van der Waals surface area contributed by atoms with Crippen LogP contribution in [0.4, 0.5) is 4.79 Å². The van der Waals surface area contributed by atoms with Crippen LogP contribution in [0.25, 0.3) is 0 Å². The van der Waals surface area contributed by atoms with Crippen LogP contribution in [0.15, 0.2) is 0 Å². The van der Waals surface area contributed by atoms with Crippen LogP contribution in [0.3, 0.4) is 0 Å². The molecule has 4 nitrogen and oxygen atoms in total. The van der Waals surface area contributed by atoms with Gasteiger partial charge in [-0.05, 0) is 77.7 Å². The summed E-state index contributed by atoms with van der Waals surface area (Å²) in [6.45, 7) is 10.1. The van der Waals surface area contributed by atoms with Gasteiger partial charge in [0.15, 0.2) is 0 Å². The molecular formula is C18H32N2O2. The lowest BCUT2D eigenvalue weighted by Gasteiger charge is -2.42. The van der Waals surface area contributed by atoms with E-state index in [4.69, 9.17) is 4.74 Å². The third-order valence-corrected chi connectivity index (χ3v) is 5.41. The van der Waals surface area contributed by atoms with Gasteiger partial charge in [-0.15, -0.1) is 0 Å². The van der Waals surface area contributed by atoms with E-state index in [0.29, 0.717) is 6.04 Å². The van der Waals surface area contributed by atoms with Gasteiger partial charge < -0.3 is 9.64 Å². The van der Waals surface area contributed by atoms with E-state index < -0.39 is 5.60 Å². The number of carbonyl (C=O) groups excluding carboxylic acids is 1. The van der Waals surface area contributed by atoms with Gasteiger partial charge in [0, 0.05) is 25.7 Å². The van der Waals surface area contributed by atoms with Crippen molar-refractivity contribution in [1.29, 1.82) is 0 Å². The Labute approximate surface area is 135 Å². The Bertz CT molecular complexity index is 392. The first-order valence-corrected chi connectivity index (χ1v) is 9.14. The van der Waals surface area contributed by atoms with Gasteiger partial charge in [0.05, 0.1) is 0 Å². The number of amides is 1. The number of rotatable bonds is 2. The Balaban J connectivity index is 1.46. The Morgan fingerprint density at radius 3 is 2.23 bits per heavy atom. The molecule has 1 atom stereocenters. The number of piperidine rings is 2. The molecule has 0 spiro atoms. The average molecular weight is 308 g/mol. The fourth-order valence-corrected chi connectivity index (χ4v) is 4.06. The minimum atomic E-state index is -0.391. The third-order valence-electron chi connectivity index (χ3n) is 5.41. The van der Waals surface area contributed by atoms with Crippen LogP contribution in [-0.2, 0) is 4.74 Å². The molecule has 1 unspecified atom stereocenters. The highest BCUT2D eigenvalue weighted by molar-refractivity contribution is 5.68. The lowest BCUT2D eigenvalue weighted by atomic mass is 9.91. The predicted octanol–water partition coefficient (Wildman–Crippen LogP) is 3.51. The van der Waals surface area contributed by atoms with Gasteiger partial charge in [-0.25, -0.2) is 4.79 Å². The molecule has 3 rings (SSSR count). The standard InChI is InChI=1S/C18H32N2O2/c1-18(2,3)22-17(21)19-11-8-16(9-12-19)20-10-4-5-15(13-20)14-6-7-14/h14-16H,4-13H2,1-3H3. The molecule has 4 heteroatoms. The van der Waals surface area contributed by atoms with Crippen molar-refractivity contribution < 1.29 is 9.53 Å². The summed E-state index contributed by atoms with van der Waals surface area (Å²) in [7, 11) is 0. The monoisotopic (exact) mass is 308 g/mol. The molecule has 1 amide bonds. The minimum absolute atomic E-state index is 0.138. The molecule has 0 radical (unpaired) electrons. The van der Waals surface area contributed by atoms with Crippen LogP contribution in [0.5, 0.6) is 0 Å². The third kappa shape index (κ3) is 4.15. The number of hydrogen-bond donors (Lipinski definition) is 0. The molecule has 3 fully saturated rings. The fourth-order valence-electron chi connectivity index (χ4n) is 4.06. The van der Waals surface area contributed by atoms with Crippen LogP contribution in [0, 0.1) is 11.8 Å². The van der Waals surface area contributed by atoms with Crippen molar-refractivity contribution in [2.45, 2.75) is 70.9 Å². The maximum atomic E-state index is 12.1. The summed E-state index contributed by atoms with van der Waals surface area (Å²) in [4.78, 5) is 16.8. The van der Waals surface area contributed by atoms with E-state index in [9.17, 15) is 4.79 Å². The van der Waals surface area contributed by atoms with Gasteiger partial charge in [-0.1, -0.05) is 0 Å². The van der Waals surface area contributed by atoms with Crippen molar-refractivity contribution in [2.75, 3.05) is 26.2 Å². The second-order valence-corrected chi connectivity index (χ2v) is 8.43. The Kier molecular flexibility index (Phi) is 4.67. The van der Waals surface area contributed by atoms with E-state index in [1.54, 1.807) is 0 Å². The molecule has 0 aromatic heterocycles. The largest absolute Gasteiger partial charge is 0.444 e. The maximum Gasteiger partial charge on any atom is 0.410 e. The van der Waals surface area contributed by atoms with E-state index >= 15 is 0 Å². The molecule has 126 valence electrons. The molecule has 22 heavy (non-hydrogen) atoms. The molecule has 2 saturated heterocycles.